The van der Waals surface area contributed by atoms with Gasteiger partial charge < -0.3 is 20.8 Å². The highest BCUT2D eigenvalue weighted by atomic mass is 32.2. The SMILES string of the molecule is C#C.C#N.CC.CC(C)(C)OC(=O)CCN1Cc2cc(N=C(N)c3c(NC4CCCCC4)cc[nH]c3=O)ccc2S1=O. The summed E-state index contributed by atoms with van der Waals surface area (Å²) < 4.78 is 20.0. The molecule has 1 aliphatic heterocycles. The first-order valence-corrected chi connectivity index (χ1v) is 15.1. The maximum atomic E-state index is 12.9. The van der Waals surface area contributed by atoms with Gasteiger partial charge in [-0.15, -0.1) is 12.8 Å². The summed E-state index contributed by atoms with van der Waals surface area (Å²) in [6, 6.07) is 7.48. The molecule has 1 aliphatic carbocycles. The first-order chi connectivity index (χ1) is 20.1. The standard InChI is InChI=1S/C26H35N5O4S.C2H6.C2H2.CHN/c1-26(2,3)35-22(32)12-14-31-16-17-15-19(9-10-21(17)36(31)34)30-24(27)23-20(11-13-28-25(23)33)29-18-7-5-4-6-8-18;3*1-2/h9-11,13,15,18H,4-8,12,14,16H2,1-3H3,(H2,27,30)(H2,28,29,33);1-2H3;1-2H;1H. The van der Waals surface area contributed by atoms with E-state index in [-0.39, 0.29) is 23.8 Å². The molecule has 2 aliphatic rings. The molecule has 1 fully saturated rings. The van der Waals surface area contributed by atoms with Crippen molar-refractivity contribution >= 4 is 34.2 Å². The number of aliphatic imine (C=N–C) groups is 1. The molecule has 4 rings (SSSR count). The first kappa shape index (κ1) is 36.1. The van der Waals surface area contributed by atoms with Crippen molar-refractivity contribution in [1.82, 2.24) is 9.29 Å². The van der Waals surface area contributed by atoms with Crippen LogP contribution in [0.4, 0.5) is 11.4 Å². The van der Waals surface area contributed by atoms with Crippen LogP contribution in [0, 0.1) is 24.7 Å². The normalized spacial score (nSPS) is 16.7. The molecule has 228 valence electrons. The molecule has 0 spiro atoms. The molecule has 1 unspecified atom stereocenters. The molecule has 2 heterocycles. The van der Waals surface area contributed by atoms with Crippen molar-refractivity contribution in [2.75, 3.05) is 11.9 Å². The lowest BCUT2D eigenvalue weighted by molar-refractivity contribution is -0.154. The number of carbonyl (C=O) groups is 1. The lowest BCUT2D eigenvalue weighted by atomic mass is 9.95. The molecule has 0 bridgehead atoms. The van der Waals surface area contributed by atoms with E-state index in [2.05, 4.69) is 34.7 Å². The fourth-order valence-electron chi connectivity index (χ4n) is 4.60. The fraction of sp³-hybridized carbons (Fsp3) is 0.484. The highest BCUT2D eigenvalue weighted by Gasteiger charge is 2.28. The number of nitrogens with one attached hydrogen (secondary N) is 2. The van der Waals surface area contributed by atoms with Gasteiger partial charge >= 0.3 is 5.97 Å². The van der Waals surface area contributed by atoms with E-state index in [1.807, 2.05) is 46.8 Å². The third kappa shape index (κ3) is 10.5. The zero-order chi connectivity index (χ0) is 31.9. The third-order valence-electron chi connectivity index (χ3n) is 6.23. The molecule has 0 radical (unpaired) electrons. The zero-order valence-electron chi connectivity index (χ0n) is 25.3. The van der Waals surface area contributed by atoms with Crippen molar-refractivity contribution in [3.63, 3.8) is 0 Å². The Labute approximate surface area is 252 Å². The number of anilines is 1. The van der Waals surface area contributed by atoms with E-state index >= 15 is 0 Å². The minimum Gasteiger partial charge on any atom is -0.460 e. The molecule has 10 nitrogen and oxygen atoms in total. The second-order valence-electron chi connectivity index (χ2n) is 10.3. The Kier molecular flexibility index (Phi) is 15.3. The number of esters is 1. The number of fused-ring (bicyclic) bond motifs is 1. The van der Waals surface area contributed by atoms with Crippen molar-refractivity contribution in [1.29, 1.82) is 5.26 Å². The zero-order valence-corrected chi connectivity index (χ0v) is 26.1. The Bertz CT molecular complexity index is 1310. The van der Waals surface area contributed by atoms with Crippen LogP contribution in [0.1, 0.15) is 84.3 Å². The largest absolute Gasteiger partial charge is 0.460 e. The molecular formula is C31H44N6O4S. The number of aromatic nitrogens is 1. The van der Waals surface area contributed by atoms with E-state index in [1.54, 1.807) is 22.6 Å². The molecule has 1 aromatic carbocycles. The van der Waals surface area contributed by atoms with E-state index in [1.165, 1.54) is 19.3 Å². The smallest absolute Gasteiger partial charge is 0.307 e. The summed E-state index contributed by atoms with van der Waals surface area (Å²) in [5.41, 5.74) is 7.92. The Morgan fingerprint density at radius 1 is 1.19 bits per heavy atom. The van der Waals surface area contributed by atoms with Gasteiger partial charge in [0.1, 0.15) is 28.0 Å². The number of benzene rings is 1. The van der Waals surface area contributed by atoms with Crippen LogP contribution in [0.2, 0.25) is 0 Å². The molecule has 0 amide bonds. The Morgan fingerprint density at radius 3 is 2.45 bits per heavy atom. The van der Waals surface area contributed by atoms with Crippen LogP contribution in [0.25, 0.3) is 0 Å². The number of nitriles is 1. The number of hydrogen-bond acceptors (Lipinski definition) is 7. The lowest BCUT2D eigenvalue weighted by Crippen LogP contribution is -2.29. The number of amidine groups is 1. The number of pyridine rings is 1. The number of hydrogen-bond donors (Lipinski definition) is 3. The Hall–Kier alpha value is -3.93. The molecule has 0 saturated heterocycles. The Morgan fingerprint density at radius 2 is 1.83 bits per heavy atom. The average Bonchev–Trinajstić information content (AvgIpc) is 3.29. The van der Waals surface area contributed by atoms with Crippen molar-refractivity contribution < 1.29 is 13.7 Å². The molecule has 2 aromatic rings. The number of rotatable bonds is 7. The lowest BCUT2D eigenvalue weighted by Gasteiger charge is -2.24. The van der Waals surface area contributed by atoms with E-state index < -0.39 is 16.6 Å². The van der Waals surface area contributed by atoms with Gasteiger partial charge in [0, 0.05) is 31.9 Å². The maximum Gasteiger partial charge on any atom is 0.307 e. The quantitative estimate of drug-likeness (QED) is 0.173. The van der Waals surface area contributed by atoms with Gasteiger partial charge in [-0.3, -0.25) is 9.59 Å². The van der Waals surface area contributed by atoms with Crippen LogP contribution in [0.15, 0.2) is 45.1 Å². The van der Waals surface area contributed by atoms with Crippen molar-refractivity contribution in [2.45, 2.75) is 96.2 Å². The van der Waals surface area contributed by atoms with Crippen LogP contribution in [-0.4, -0.2) is 43.5 Å². The predicted octanol–water partition coefficient (Wildman–Crippen LogP) is 5.14. The van der Waals surface area contributed by atoms with E-state index in [0.29, 0.717) is 41.0 Å². The highest BCUT2D eigenvalue weighted by molar-refractivity contribution is 7.83. The minimum absolute atomic E-state index is 0.121. The highest BCUT2D eigenvalue weighted by Crippen LogP contribution is 2.31. The van der Waals surface area contributed by atoms with Gasteiger partial charge in [-0.05, 0) is 63.4 Å². The summed E-state index contributed by atoms with van der Waals surface area (Å²) in [6.07, 6.45) is 15.5. The van der Waals surface area contributed by atoms with E-state index in [9.17, 15) is 13.8 Å². The number of carbonyl (C=O) groups excluding carboxylic acids is 1. The summed E-state index contributed by atoms with van der Waals surface area (Å²) in [4.78, 5) is 32.6. The number of ether oxygens (including phenoxy) is 1. The average molecular weight is 597 g/mol. The first-order valence-electron chi connectivity index (χ1n) is 14.0. The summed E-state index contributed by atoms with van der Waals surface area (Å²) in [6.45, 7) is 13.7. The number of nitrogens with two attached hydrogens (primary N) is 1. The molecule has 1 atom stereocenters. The summed E-state index contributed by atoms with van der Waals surface area (Å²) in [5, 5.41) is 9.98. The number of H-pyrrole nitrogens is 1. The maximum absolute atomic E-state index is 12.9. The van der Waals surface area contributed by atoms with Crippen LogP contribution < -0.4 is 16.6 Å². The molecule has 4 N–H and O–H groups in total. The van der Waals surface area contributed by atoms with Crippen LogP contribution >= 0.6 is 0 Å². The van der Waals surface area contributed by atoms with Gasteiger partial charge in [0.15, 0.2) is 0 Å². The number of nitrogens with zero attached hydrogens (tertiary/aromatic N) is 3. The minimum atomic E-state index is -1.36. The molecule has 42 heavy (non-hydrogen) atoms. The number of terminal acetylenes is 1. The summed E-state index contributed by atoms with van der Waals surface area (Å²) in [5.74, 6) is -0.199. The van der Waals surface area contributed by atoms with Gasteiger partial charge in [-0.2, -0.15) is 0 Å². The van der Waals surface area contributed by atoms with Crippen LogP contribution in [-0.2, 0) is 27.1 Å². The second kappa shape index (κ2) is 17.8. The van der Waals surface area contributed by atoms with Crippen LogP contribution in [0.5, 0.6) is 0 Å². The summed E-state index contributed by atoms with van der Waals surface area (Å²) >= 11 is 0. The topological polar surface area (TPSA) is 154 Å². The second-order valence-corrected chi connectivity index (χ2v) is 11.8. The summed E-state index contributed by atoms with van der Waals surface area (Å²) in [7, 11) is -1.36. The Balaban J connectivity index is 0.00000138. The fourth-order valence-corrected chi connectivity index (χ4v) is 5.93. The molecule has 1 saturated carbocycles. The monoisotopic (exact) mass is 596 g/mol. The van der Waals surface area contributed by atoms with E-state index in [0.717, 1.165) is 18.4 Å². The third-order valence-corrected chi connectivity index (χ3v) is 7.79. The number of aromatic amines is 1. The van der Waals surface area contributed by atoms with Crippen molar-refractivity contribution in [3.8, 4) is 19.4 Å². The van der Waals surface area contributed by atoms with Gasteiger partial charge in [0.2, 0.25) is 0 Å². The van der Waals surface area contributed by atoms with Gasteiger partial charge in [0.05, 0.1) is 22.7 Å². The van der Waals surface area contributed by atoms with E-state index in [4.69, 9.17) is 15.7 Å². The van der Waals surface area contributed by atoms with Gasteiger partial charge in [-0.25, -0.2) is 18.8 Å². The van der Waals surface area contributed by atoms with Crippen molar-refractivity contribution in [2.24, 2.45) is 10.7 Å². The van der Waals surface area contributed by atoms with Crippen LogP contribution in [0.3, 0.4) is 0 Å². The molecular weight excluding hydrogens is 552 g/mol. The van der Waals surface area contributed by atoms with Crippen molar-refractivity contribution in [3.05, 3.63) is 51.9 Å². The molecule has 11 heteroatoms. The van der Waals surface area contributed by atoms with Gasteiger partial charge in [0.25, 0.3) is 5.56 Å². The molecule has 1 aromatic heterocycles. The van der Waals surface area contributed by atoms with Gasteiger partial charge in [-0.1, -0.05) is 33.1 Å². The predicted molar refractivity (Wildman–Crippen MR) is 170 cm³/mol.